The van der Waals surface area contributed by atoms with Crippen LogP contribution in [-0.2, 0) is 6.42 Å². The normalized spacial score (nSPS) is 11.1. The largest absolute Gasteiger partial charge is 0.469 e. The van der Waals surface area contributed by atoms with Crippen LogP contribution in [0.3, 0.4) is 0 Å². The van der Waals surface area contributed by atoms with E-state index in [1.54, 1.807) is 13.0 Å². The molecule has 0 atom stereocenters. The van der Waals surface area contributed by atoms with Crippen molar-refractivity contribution in [3.63, 3.8) is 0 Å². The molecule has 0 saturated heterocycles. The van der Waals surface area contributed by atoms with Crippen molar-refractivity contribution in [1.29, 1.82) is 0 Å². The summed E-state index contributed by atoms with van der Waals surface area (Å²) >= 11 is 6.37. The molecule has 0 aliphatic rings. The highest BCUT2D eigenvalue weighted by Crippen LogP contribution is 2.31. The summed E-state index contributed by atoms with van der Waals surface area (Å²) in [5.41, 5.74) is 5.05. The zero-order valence-electron chi connectivity index (χ0n) is 13.4. The van der Waals surface area contributed by atoms with Crippen LogP contribution in [0.25, 0.3) is 10.9 Å². The molecule has 0 unspecified atom stereocenters. The van der Waals surface area contributed by atoms with Gasteiger partial charge in [-0.3, -0.25) is 4.79 Å². The number of aromatic nitrogens is 1. The number of aromatic amines is 1. The maximum atomic E-state index is 12.1. The van der Waals surface area contributed by atoms with Crippen LogP contribution < -0.4 is 5.32 Å². The first kappa shape index (κ1) is 15.7. The molecule has 2 heterocycles. The standard InChI is InChI=1S/C18H19ClN2O2/c1-10-4-5-15(19)16-13(11(2)21-17(10)16)6-8-20-18(22)14-7-9-23-12(14)3/h4-5,7,9,21H,6,8H2,1-3H3,(H,20,22). The summed E-state index contributed by atoms with van der Waals surface area (Å²) < 4.78 is 5.16. The molecule has 1 amide bonds. The molecule has 120 valence electrons. The van der Waals surface area contributed by atoms with Crippen molar-refractivity contribution in [3.8, 4) is 0 Å². The van der Waals surface area contributed by atoms with Crippen LogP contribution in [0.15, 0.2) is 28.9 Å². The fraction of sp³-hybridized carbons (Fsp3) is 0.278. The van der Waals surface area contributed by atoms with E-state index in [1.807, 2.05) is 19.1 Å². The first-order chi connectivity index (χ1) is 11.0. The van der Waals surface area contributed by atoms with Gasteiger partial charge >= 0.3 is 0 Å². The fourth-order valence-electron chi connectivity index (χ4n) is 2.92. The van der Waals surface area contributed by atoms with E-state index in [2.05, 4.69) is 17.2 Å². The molecule has 23 heavy (non-hydrogen) atoms. The SMILES string of the molecule is Cc1[nH]c2c(C)ccc(Cl)c2c1CCNC(=O)c1ccoc1C. The Kier molecular flexibility index (Phi) is 4.18. The van der Waals surface area contributed by atoms with E-state index in [0.717, 1.165) is 39.2 Å². The summed E-state index contributed by atoms with van der Waals surface area (Å²) in [6.45, 7) is 6.41. The molecule has 0 aliphatic heterocycles. The van der Waals surface area contributed by atoms with Crippen LogP contribution in [0, 0.1) is 20.8 Å². The Bertz CT molecular complexity index is 877. The van der Waals surface area contributed by atoms with Crippen molar-refractivity contribution in [2.75, 3.05) is 6.54 Å². The Balaban J connectivity index is 1.78. The third-order valence-electron chi connectivity index (χ3n) is 4.19. The van der Waals surface area contributed by atoms with Gasteiger partial charge < -0.3 is 14.7 Å². The molecule has 0 bridgehead atoms. The molecule has 2 N–H and O–H groups in total. The first-order valence-corrected chi connectivity index (χ1v) is 7.95. The number of nitrogens with one attached hydrogen (secondary N) is 2. The highest BCUT2D eigenvalue weighted by molar-refractivity contribution is 6.35. The van der Waals surface area contributed by atoms with Crippen LogP contribution in [0.2, 0.25) is 5.02 Å². The molecule has 0 saturated carbocycles. The number of hydrogen-bond acceptors (Lipinski definition) is 2. The minimum absolute atomic E-state index is 0.115. The molecule has 3 aromatic rings. The number of carbonyl (C=O) groups is 1. The molecule has 5 heteroatoms. The van der Waals surface area contributed by atoms with E-state index >= 15 is 0 Å². The Morgan fingerprint density at radius 1 is 1.26 bits per heavy atom. The predicted molar refractivity (Wildman–Crippen MR) is 92.3 cm³/mol. The van der Waals surface area contributed by atoms with Crippen LogP contribution in [0.5, 0.6) is 0 Å². The number of hydrogen-bond donors (Lipinski definition) is 2. The minimum Gasteiger partial charge on any atom is -0.469 e. The van der Waals surface area contributed by atoms with Gasteiger partial charge in [-0.25, -0.2) is 0 Å². The average molecular weight is 331 g/mol. The number of carbonyl (C=O) groups excluding carboxylic acids is 1. The zero-order valence-corrected chi connectivity index (χ0v) is 14.2. The van der Waals surface area contributed by atoms with Crippen LogP contribution in [0.4, 0.5) is 0 Å². The molecular formula is C18H19ClN2O2. The number of amides is 1. The van der Waals surface area contributed by atoms with E-state index < -0.39 is 0 Å². The van der Waals surface area contributed by atoms with Crippen molar-refractivity contribution in [3.05, 3.63) is 57.6 Å². The molecule has 4 nitrogen and oxygen atoms in total. The summed E-state index contributed by atoms with van der Waals surface area (Å²) in [6.07, 6.45) is 2.24. The molecule has 0 radical (unpaired) electrons. The smallest absolute Gasteiger partial charge is 0.254 e. The predicted octanol–water partition coefficient (Wildman–Crippen LogP) is 4.31. The van der Waals surface area contributed by atoms with E-state index in [9.17, 15) is 4.79 Å². The van der Waals surface area contributed by atoms with Gasteiger partial charge in [-0.15, -0.1) is 0 Å². The van der Waals surface area contributed by atoms with E-state index in [1.165, 1.54) is 6.26 Å². The second-order valence-electron chi connectivity index (χ2n) is 5.74. The molecule has 0 fully saturated rings. The molecule has 3 rings (SSSR count). The summed E-state index contributed by atoms with van der Waals surface area (Å²) in [4.78, 5) is 15.5. The summed E-state index contributed by atoms with van der Waals surface area (Å²) in [7, 11) is 0. The Hall–Kier alpha value is -2.20. The van der Waals surface area contributed by atoms with Crippen LogP contribution in [0.1, 0.15) is 32.9 Å². The van der Waals surface area contributed by atoms with Gasteiger partial charge in [0.15, 0.2) is 0 Å². The van der Waals surface area contributed by atoms with Gasteiger partial charge in [0.2, 0.25) is 0 Å². The van der Waals surface area contributed by atoms with Crippen LogP contribution in [-0.4, -0.2) is 17.4 Å². The van der Waals surface area contributed by atoms with E-state index in [-0.39, 0.29) is 5.91 Å². The summed E-state index contributed by atoms with van der Waals surface area (Å²) in [6, 6.07) is 5.61. The van der Waals surface area contributed by atoms with Gasteiger partial charge in [0.25, 0.3) is 5.91 Å². The molecule has 0 aliphatic carbocycles. The molecule has 0 spiro atoms. The fourth-order valence-corrected chi connectivity index (χ4v) is 3.19. The van der Waals surface area contributed by atoms with Gasteiger partial charge in [-0.1, -0.05) is 17.7 Å². The monoisotopic (exact) mass is 330 g/mol. The quantitative estimate of drug-likeness (QED) is 0.748. The van der Waals surface area contributed by atoms with Crippen molar-refractivity contribution in [1.82, 2.24) is 10.3 Å². The lowest BCUT2D eigenvalue weighted by atomic mass is 10.1. The van der Waals surface area contributed by atoms with Crippen molar-refractivity contribution >= 4 is 28.4 Å². The van der Waals surface area contributed by atoms with Gasteiger partial charge in [0.1, 0.15) is 5.76 Å². The molecule has 2 aromatic heterocycles. The van der Waals surface area contributed by atoms with Crippen molar-refractivity contribution in [2.45, 2.75) is 27.2 Å². The average Bonchev–Trinajstić information content (AvgIpc) is 3.08. The maximum Gasteiger partial charge on any atom is 0.254 e. The third-order valence-corrected chi connectivity index (χ3v) is 4.51. The summed E-state index contributed by atoms with van der Waals surface area (Å²) in [5.74, 6) is 0.514. The number of rotatable bonds is 4. The first-order valence-electron chi connectivity index (χ1n) is 7.57. The van der Waals surface area contributed by atoms with Crippen molar-refractivity contribution in [2.24, 2.45) is 0 Å². The number of halogens is 1. The molecular weight excluding hydrogens is 312 g/mol. The number of aryl methyl sites for hydroxylation is 3. The molecule has 1 aromatic carbocycles. The lowest BCUT2D eigenvalue weighted by Crippen LogP contribution is -2.25. The topological polar surface area (TPSA) is 58.0 Å². The highest BCUT2D eigenvalue weighted by atomic mass is 35.5. The highest BCUT2D eigenvalue weighted by Gasteiger charge is 2.15. The van der Waals surface area contributed by atoms with E-state index in [0.29, 0.717) is 17.9 Å². The second-order valence-corrected chi connectivity index (χ2v) is 6.15. The van der Waals surface area contributed by atoms with Crippen molar-refractivity contribution < 1.29 is 9.21 Å². The lowest BCUT2D eigenvalue weighted by molar-refractivity contribution is 0.0952. The van der Waals surface area contributed by atoms with Gasteiger partial charge in [0, 0.05) is 17.6 Å². The van der Waals surface area contributed by atoms with Gasteiger partial charge in [-0.05, 0) is 50.5 Å². The van der Waals surface area contributed by atoms with Gasteiger partial charge in [0.05, 0.1) is 22.4 Å². The Labute approximate surface area is 139 Å². The van der Waals surface area contributed by atoms with Crippen LogP contribution >= 0.6 is 11.6 Å². The Morgan fingerprint density at radius 2 is 2.04 bits per heavy atom. The summed E-state index contributed by atoms with van der Waals surface area (Å²) in [5, 5.41) is 4.73. The minimum atomic E-state index is -0.115. The number of fused-ring (bicyclic) bond motifs is 1. The maximum absolute atomic E-state index is 12.1. The second kappa shape index (κ2) is 6.13. The van der Waals surface area contributed by atoms with E-state index in [4.69, 9.17) is 16.0 Å². The third kappa shape index (κ3) is 2.86. The zero-order chi connectivity index (χ0) is 16.6. The number of benzene rings is 1. The number of H-pyrrole nitrogens is 1. The van der Waals surface area contributed by atoms with Gasteiger partial charge in [-0.2, -0.15) is 0 Å². The number of furan rings is 1. The lowest BCUT2D eigenvalue weighted by Gasteiger charge is -2.06. The Morgan fingerprint density at radius 3 is 2.74 bits per heavy atom.